The molecule has 1 aromatic heterocycles. The van der Waals surface area contributed by atoms with Crippen molar-refractivity contribution in [1.29, 1.82) is 0 Å². The van der Waals surface area contributed by atoms with Crippen LogP contribution in [0.2, 0.25) is 0 Å². The van der Waals surface area contributed by atoms with E-state index in [-0.39, 0.29) is 5.91 Å². The monoisotopic (exact) mass is 271 g/mol. The van der Waals surface area contributed by atoms with Gasteiger partial charge in [-0.15, -0.1) is 0 Å². The lowest BCUT2D eigenvalue weighted by atomic mass is 10.1. The highest BCUT2D eigenvalue weighted by molar-refractivity contribution is 5.83. The van der Waals surface area contributed by atoms with Crippen molar-refractivity contribution in [1.82, 2.24) is 14.8 Å². The number of aromatic nitrogens is 1. The van der Waals surface area contributed by atoms with Crippen LogP contribution in [0.15, 0.2) is 30.5 Å². The molecule has 3 rings (SSSR count). The fraction of sp³-hybridized carbons (Fsp3) is 0.333. The van der Waals surface area contributed by atoms with Crippen molar-refractivity contribution < 1.29 is 9.59 Å². The number of rotatable bonds is 3. The molecule has 2 aromatic rings. The second-order valence-corrected chi connectivity index (χ2v) is 5.10. The normalized spacial score (nSPS) is 15.6. The molecule has 1 aliphatic rings. The fourth-order valence-corrected chi connectivity index (χ4v) is 2.58. The van der Waals surface area contributed by atoms with Crippen LogP contribution in [-0.4, -0.2) is 53.3 Å². The van der Waals surface area contributed by atoms with Gasteiger partial charge < -0.3 is 14.8 Å². The molecule has 5 heteroatoms. The minimum atomic E-state index is 0.130. The first kappa shape index (κ1) is 12.7. The van der Waals surface area contributed by atoms with E-state index < -0.39 is 0 Å². The SMILES string of the molecule is O=CN1CCN(C(=O)Cc2ccc3[nH]ccc3c2)CC1. The number of carbonyl (C=O) groups is 2. The fourth-order valence-electron chi connectivity index (χ4n) is 2.58. The first-order valence-corrected chi connectivity index (χ1v) is 6.79. The molecule has 0 aliphatic carbocycles. The second kappa shape index (κ2) is 5.36. The zero-order valence-corrected chi connectivity index (χ0v) is 11.2. The van der Waals surface area contributed by atoms with Crippen molar-refractivity contribution in [3.63, 3.8) is 0 Å². The standard InChI is InChI=1S/C15H17N3O2/c19-11-17-5-7-18(8-6-17)15(20)10-12-1-2-14-13(9-12)3-4-16-14/h1-4,9,11,16H,5-8,10H2. The number of carbonyl (C=O) groups excluding carboxylic acids is 2. The zero-order valence-electron chi connectivity index (χ0n) is 11.2. The summed E-state index contributed by atoms with van der Waals surface area (Å²) in [5.41, 5.74) is 2.11. The molecule has 0 unspecified atom stereocenters. The van der Waals surface area contributed by atoms with Crippen LogP contribution in [0, 0.1) is 0 Å². The second-order valence-electron chi connectivity index (χ2n) is 5.10. The van der Waals surface area contributed by atoms with Gasteiger partial charge >= 0.3 is 0 Å². The van der Waals surface area contributed by atoms with E-state index in [1.165, 1.54) is 0 Å². The van der Waals surface area contributed by atoms with Crippen molar-refractivity contribution >= 4 is 23.2 Å². The van der Waals surface area contributed by atoms with E-state index in [9.17, 15) is 9.59 Å². The maximum absolute atomic E-state index is 12.2. The van der Waals surface area contributed by atoms with Crippen molar-refractivity contribution in [3.05, 3.63) is 36.0 Å². The van der Waals surface area contributed by atoms with Crippen molar-refractivity contribution in [3.8, 4) is 0 Å². The molecule has 1 aliphatic heterocycles. The minimum Gasteiger partial charge on any atom is -0.361 e. The van der Waals surface area contributed by atoms with Gasteiger partial charge in [-0.25, -0.2) is 0 Å². The number of nitrogens with zero attached hydrogens (tertiary/aromatic N) is 2. The summed E-state index contributed by atoms with van der Waals surface area (Å²) in [7, 11) is 0. The van der Waals surface area contributed by atoms with Crippen LogP contribution in [0.4, 0.5) is 0 Å². The van der Waals surface area contributed by atoms with E-state index >= 15 is 0 Å². The number of aromatic amines is 1. The third kappa shape index (κ3) is 2.52. The molecule has 0 bridgehead atoms. The number of amides is 2. The summed E-state index contributed by atoms with van der Waals surface area (Å²) in [6.45, 7) is 2.52. The highest BCUT2D eigenvalue weighted by Crippen LogP contribution is 2.15. The van der Waals surface area contributed by atoms with Crippen molar-refractivity contribution in [2.24, 2.45) is 0 Å². The molecular weight excluding hydrogens is 254 g/mol. The first-order valence-electron chi connectivity index (χ1n) is 6.79. The molecule has 104 valence electrons. The van der Waals surface area contributed by atoms with E-state index in [0.717, 1.165) is 22.9 Å². The average Bonchev–Trinajstić information content (AvgIpc) is 2.95. The van der Waals surface area contributed by atoms with Crippen molar-refractivity contribution in [2.45, 2.75) is 6.42 Å². The van der Waals surface area contributed by atoms with Gasteiger partial charge in [0.05, 0.1) is 6.42 Å². The van der Waals surface area contributed by atoms with Crippen LogP contribution in [0.1, 0.15) is 5.56 Å². The molecule has 1 N–H and O–H groups in total. The number of H-pyrrole nitrogens is 1. The molecule has 0 atom stereocenters. The molecule has 1 saturated heterocycles. The molecule has 5 nitrogen and oxygen atoms in total. The molecule has 0 saturated carbocycles. The number of fused-ring (bicyclic) bond motifs is 1. The van der Waals surface area contributed by atoms with Gasteiger partial charge in [-0.3, -0.25) is 9.59 Å². The number of benzene rings is 1. The predicted octanol–water partition coefficient (Wildman–Crippen LogP) is 1.01. The van der Waals surface area contributed by atoms with Gasteiger partial charge in [-0.2, -0.15) is 0 Å². The molecule has 1 fully saturated rings. The van der Waals surface area contributed by atoms with E-state index in [0.29, 0.717) is 32.6 Å². The van der Waals surface area contributed by atoms with Crippen LogP contribution in [0.3, 0.4) is 0 Å². The molecule has 20 heavy (non-hydrogen) atoms. The van der Waals surface area contributed by atoms with Gasteiger partial charge in [0.15, 0.2) is 0 Å². The Bertz CT molecular complexity index is 627. The van der Waals surface area contributed by atoms with Crippen LogP contribution in [0.5, 0.6) is 0 Å². The minimum absolute atomic E-state index is 0.130. The quantitative estimate of drug-likeness (QED) is 0.847. The lowest BCUT2D eigenvalue weighted by Gasteiger charge is -2.32. The largest absolute Gasteiger partial charge is 0.361 e. The van der Waals surface area contributed by atoms with Crippen LogP contribution in [-0.2, 0) is 16.0 Å². The Morgan fingerprint density at radius 3 is 2.75 bits per heavy atom. The van der Waals surface area contributed by atoms with E-state index in [4.69, 9.17) is 0 Å². The van der Waals surface area contributed by atoms with Gasteiger partial charge in [-0.1, -0.05) is 6.07 Å². The molecule has 0 radical (unpaired) electrons. The number of piperazine rings is 1. The number of hydrogen-bond donors (Lipinski definition) is 1. The molecule has 2 amide bonds. The predicted molar refractivity (Wildman–Crippen MR) is 76.2 cm³/mol. The molecule has 0 spiro atoms. The average molecular weight is 271 g/mol. The maximum Gasteiger partial charge on any atom is 0.227 e. The third-order valence-electron chi connectivity index (χ3n) is 3.79. The van der Waals surface area contributed by atoms with Gasteiger partial charge in [0.1, 0.15) is 0 Å². The summed E-state index contributed by atoms with van der Waals surface area (Å²) in [4.78, 5) is 29.6. The summed E-state index contributed by atoms with van der Waals surface area (Å²) < 4.78 is 0. The highest BCUT2D eigenvalue weighted by atomic mass is 16.2. The Kier molecular flexibility index (Phi) is 3.41. The van der Waals surface area contributed by atoms with Gasteiger partial charge in [-0.05, 0) is 29.1 Å². The molecular formula is C15H17N3O2. The highest BCUT2D eigenvalue weighted by Gasteiger charge is 2.20. The lowest BCUT2D eigenvalue weighted by molar-refractivity contribution is -0.134. The summed E-state index contributed by atoms with van der Waals surface area (Å²) in [5, 5.41) is 1.13. The van der Waals surface area contributed by atoms with Crippen LogP contribution in [0.25, 0.3) is 10.9 Å². The first-order chi connectivity index (χ1) is 9.76. The Morgan fingerprint density at radius 1 is 1.20 bits per heavy atom. The molecule has 2 heterocycles. The smallest absolute Gasteiger partial charge is 0.227 e. The zero-order chi connectivity index (χ0) is 13.9. The van der Waals surface area contributed by atoms with Crippen LogP contribution >= 0.6 is 0 Å². The molecule has 1 aromatic carbocycles. The summed E-state index contributed by atoms with van der Waals surface area (Å²) in [5.74, 6) is 0.130. The van der Waals surface area contributed by atoms with E-state index in [1.807, 2.05) is 35.4 Å². The Labute approximate surface area is 117 Å². The Morgan fingerprint density at radius 2 is 2.00 bits per heavy atom. The number of nitrogens with one attached hydrogen (secondary N) is 1. The van der Waals surface area contributed by atoms with Gasteiger partial charge in [0.25, 0.3) is 0 Å². The van der Waals surface area contributed by atoms with Gasteiger partial charge in [0, 0.05) is 37.9 Å². The Balaban J connectivity index is 1.65. The van der Waals surface area contributed by atoms with Crippen LogP contribution < -0.4 is 0 Å². The summed E-state index contributed by atoms with van der Waals surface area (Å²) in [6, 6.07) is 8.04. The summed E-state index contributed by atoms with van der Waals surface area (Å²) in [6.07, 6.45) is 3.17. The van der Waals surface area contributed by atoms with E-state index in [1.54, 1.807) is 4.90 Å². The van der Waals surface area contributed by atoms with Gasteiger partial charge in [0.2, 0.25) is 12.3 Å². The van der Waals surface area contributed by atoms with Crippen molar-refractivity contribution in [2.75, 3.05) is 26.2 Å². The number of hydrogen-bond acceptors (Lipinski definition) is 2. The topological polar surface area (TPSA) is 56.4 Å². The Hall–Kier alpha value is -2.30. The lowest BCUT2D eigenvalue weighted by Crippen LogP contribution is -2.48. The third-order valence-corrected chi connectivity index (χ3v) is 3.79. The maximum atomic E-state index is 12.2. The summed E-state index contributed by atoms with van der Waals surface area (Å²) >= 11 is 0. The van der Waals surface area contributed by atoms with E-state index in [2.05, 4.69) is 4.98 Å².